The molecule has 0 radical (unpaired) electrons. The number of hydrogen-bond acceptors (Lipinski definition) is 4. The van der Waals surface area contributed by atoms with E-state index in [2.05, 4.69) is 15.9 Å². The van der Waals surface area contributed by atoms with Crippen LogP contribution in [-0.4, -0.2) is 35.4 Å². The van der Waals surface area contributed by atoms with Gasteiger partial charge in [0.1, 0.15) is 0 Å². The molecule has 0 atom stereocenters. The lowest BCUT2D eigenvalue weighted by atomic mass is 10.2. The van der Waals surface area contributed by atoms with Crippen LogP contribution in [0.2, 0.25) is 0 Å². The molecule has 7 heteroatoms. The molecule has 0 aliphatic heterocycles. The molecule has 1 rings (SSSR count). The monoisotopic (exact) mass is 344 g/mol. The first-order valence-corrected chi connectivity index (χ1v) is 6.45. The summed E-state index contributed by atoms with van der Waals surface area (Å²) in [5, 5.41) is 17.2. The van der Waals surface area contributed by atoms with Gasteiger partial charge in [0, 0.05) is 6.08 Å². The number of aliphatic carboxylic acids is 2. The standard InChI is InChI=1S/C13H13BrO6/c1-2-19-10-6-8(3-4-11(15)16)5-9(14)13(10)20-7-12(17)18/h3-6H,2,7H2,1H3,(H,15,16)(H,17,18). The molecule has 2 N–H and O–H groups in total. The van der Waals surface area contributed by atoms with Gasteiger partial charge < -0.3 is 19.7 Å². The highest BCUT2D eigenvalue weighted by Crippen LogP contribution is 2.37. The lowest BCUT2D eigenvalue weighted by Gasteiger charge is -2.13. The van der Waals surface area contributed by atoms with E-state index in [1.54, 1.807) is 19.1 Å². The van der Waals surface area contributed by atoms with E-state index in [9.17, 15) is 9.59 Å². The molecule has 0 fully saturated rings. The fourth-order valence-electron chi connectivity index (χ4n) is 1.39. The van der Waals surface area contributed by atoms with Gasteiger partial charge in [-0.05, 0) is 46.6 Å². The van der Waals surface area contributed by atoms with Crippen LogP contribution in [0.1, 0.15) is 12.5 Å². The first-order chi connectivity index (χ1) is 9.43. The number of benzene rings is 1. The van der Waals surface area contributed by atoms with E-state index < -0.39 is 18.5 Å². The Morgan fingerprint density at radius 3 is 2.55 bits per heavy atom. The van der Waals surface area contributed by atoms with Crippen molar-refractivity contribution in [3.05, 3.63) is 28.2 Å². The van der Waals surface area contributed by atoms with E-state index in [4.69, 9.17) is 19.7 Å². The van der Waals surface area contributed by atoms with Gasteiger partial charge in [-0.25, -0.2) is 9.59 Å². The summed E-state index contributed by atoms with van der Waals surface area (Å²) in [6, 6.07) is 3.18. The molecule has 0 aliphatic carbocycles. The predicted octanol–water partition coefficient (Wildman–Crippen LogP) is 2.41. The Bertz CT molecular complexity index is 538. The van der Waals surface area contributed by atoms with Crippen molar-refractivity contribution in [3.63, 3.8) is 0 Å². The van der Waals surface area contributed by atoms with Crippen molar-refractivity contribution in [2.45, 2.75) is 6.92 Å². The van der Waals surface area contributed by atoms with Crippen LogP contribution >= 0.6 is 15.9 Å². The van der Waals surface area contributed by atoms with Crippen molar-refractivity contribution in [2.75, 3.05) is 13.2 Å². The second-order valence-corrected chi connectivity index (χ2v) is 4.47. The van der Waals surface area contributed by atoms with E-state index in [0.717, 1.165) is 6.08 Å². The van der Waals surface area contributed by atoms with Crippen LogP contribution in [0.4, 0.5) is 0 Å². The average Bonchev–Trinajstić information content (AvgIpc) is 2.35. The molecule has 0 unspecified atom stereocenters. The van der Waals surface area contributed by atoms with Crippen LogP contribution in [0.25, 0.3) is 6.08 Å². The van der Waals surface area contributed by atoms with Crippen molar-refractivity contribution >= 4 is 33.9 Å². The van der Waals surface area contributed by atoms with Crippen molar-refractivity contribution in [2.24, 2.45) is 0 Å². The van der Waals surface area contributed by atoms with E-state index in [-0.39, 0.29) is 5.75 Å². The Labute approximate surface area is 123 Å². The summed E-state index contributed by atoms with van der Waals surface area (Å²) in [6.07, 6.45) is 2.39. The predicted molar refractivity (Wildman–Crippen MR) is 75.1 cm³/mol. The Morgan fingerprint density at radius 2 is 2.00 bits per heavy atom. The molecule has 0 aromatic heterocycles. The van der Waals surface area contributed by atoms with Crippen LogP contribution in [0.15, 0.2) is 22.7 Å². The van der Waals surface area contributed by atoms with Gasteiger partial charge in [0.25, 0.3) is 0 Å². The molecule has 0 saturated carbocycles. The highest BCUT2D eigenvalue weighted by molar-refractivity contribution is 9.10. The van der Waals surface area contributed by atoms with Gasteiger partial charge in [0.2, 0.25) is 0 Å². The molecule has 1 aromatic rings. The second kappa shape index (κ2) is 7.54. The maximum absolute atomic E-state index is 10.5. The van der Waals surface area contributed by atoms with Crippen molar-refractivity contribution < 1.29 is 29.3 Å². The summed E-state index contributed by atoms with van der Waals surface area (Å²) in [4.78, 5) is 21.0. The van der Waals surface area contributed by atoms with E-state index in [0.29, 0.717) is 22.4 Å². The topological polar surface area (TPSA) is 93.1 Å². The largest absolute Gasteiger partial charge is 0.490 e. The molecule has 0 aliphatic rings. The van der Waals surface area contributed by atoms with Gasteiger partial charge in [-0.15, -0.1) is 0 Å². The Kier molecular flexibility index (Phi) is 6.05. The molecule has 1 aromatic carbocycles. The lowest BCUT2D eigenvalue weighted by Crippen LogP contribution is -2.10. The number of carboxylic acids is 2. The van der Waals surface area contributed by atoms with Gasteiger partial charge in [0.15, 0.2) is 18.1 Å². The summed E-state index contributed by atoms with van der Waals surface area (Å²) in [6.45, 7) is 1.64. The van der Waals surface area contributed by atoms with Crippen molar-refractivity contribution in [3.8, 4) is 11.5 Å². The Morgan fingerprint density at radius 1 is 1.30 bits per heavy atom. The van der Waals surface area contributed by atoms with Crippen LogP contribution in [0.5, 0.6) is 11.5 Å². The average molecular weight is 345 g/mol. The highest BCUT2D eigenvalue weighted by atomic mass is 79.9. The van der Waals surface area contributed by atoms with Gasteiger partial charge in [-0.1, -0.05) is 0 Å². The fourth-order valence-corrected chi connectivity index (χ4v) is 1.96. The lowest BCUT2D eigenvalue weighted by molar-refractivity contribution is -0.139. The van der Waals surface area contributed by atoms with Gasteiger partial charge in [0.05, 0.1) is 11.1 Å². The molecule has 0 heterocycles. The third kappa shape index (κ3) is 4.93. The first-order valence-electron chi connectivity index (χ1n) is 5.66. The van der Waals surface area contributed by atoms with Gasteiger partial charge in [-0.2, -0.15) is 0 Å². The minimum Gasteiger partial charge on any atom is -0.490 e. The highest BCUT2D eigenvalue weighted by Gasteiger charge is 2.13. The maximum atomic E-state index is 10.5. The second-order valence-electron chi connectivity index (χ2n) is 3.62. The summed E-state index contributed by atoms with van der Waals surface area (Å²) >= 11 is 3.25. The number of halogens is 1. The number of rotatable bonds is 7. The molecule has 0 spiro atoms. The third-order valence-electron chi connectivity index (χ3n) is 2.09. The Balaban J connectivity index is 3.10. The summed E-state index contributed by atoms with van der Waals surface area (Å²) in [5.41, 5.74) is 0.588. The number of carbonyl (C=O) groups is 2. The zero-order valence-electron chi connectivity index (χ0n) is 10.6. The molecule has 108 valence electrons. The Hall–Kier alpha value is -2.02. The first kappa shape index (κ1) is 16.0. The van der Waals surface area contributed by atoms with Crippen molar-refractivity contribution in [1.29, 1.82) is 0 Å². The molecule has 0 amide bonds. The van der Waals surface area contributed by atoms with E-state index in [1.807, 2.05) is 0 Å². The van der Waals surface area contributed by atoms with Crippen LogP contribution in [0.3, 0.4) is 0 Å². The quantitative estimate of drug-likeness (QED) is 0.737. The van der Waals surface area contributed by atoms with Crippen LogP contribution in [-0.2, 0) is 9.59 Å². The normalized spacial score (nSPS) is 10.5. The molecular weight excluding hydrogens is 332 g/mol. The summed E-state index contributed by atoms with van der Waals surface area (Å²) < 4.78 is 11.0. The maximum Gasteiger partial charge on any atom is 0.341 e. The number of ether oxygens (including phenoxy) is 2. The van der Waals surface area contributed by atoms with Crippen LogP contribution in [0, 0.1) is 0 Å². The smallest absolute Gasteiger partial charge is 0.341 e. The van der Waals surface area contributed by atoms with E-state index in [1.165, 1.54) is 6.08 Å². The molecule has 6 nitrogen and oxygen atoms in total. The molecular formula is C13H13BrO6. The molecule has 0 bridgehead atoms. The minimum absolute atomic E-state index is 0.265. The summed E-state index contributed by atoms with van der Waals surface area (Å²) in [5.74, 6) is -1.56. The van der Waals surface area contributed by atoms with E-state index >= 15 is 0 Å². The van der Waals surface area contributed by atoms with Crippen LogP contribution < -0.4 is 9.47 Å². The number of carboxylic acid groups (broad SMARTS) is 2. The SMILES string of the molecule is CCOc1cc(C=CC(=O)O)cc(Br)c1OCC(=O)O. The zero-order valence-corrected chi connectivity index (χ0v) is 12.2. The minimum atomic E-state index is -1.10. The zero-order chi connectivity index (χ0) is 15.1. The molecule has 0 saturated heterocycles. The number of hydrogen-bond donors (Lipinski definition) is 2. The van der Waals surface area contributed by atoms with Gasteiger partial charge >= 0.3 is 11.9 Å². The van der Waals surface area contributed by atoms with Gasteiger partial charge in [-0.3, -0.25) is 0 Å². The molecule has 20 heavy (non-hydrogen) atoms. The third-order valence-corrected chi connectivity index (χ3v) is 2.68. The fraction of sp³-hybridized carbons (Fsp3) is 0.231. The summed E-state index contributed by atoms with van der Waals surface area (Å²) in [7, 11) is 0. The van der Waals surface area contributed by atoms with Crippen molar-refractivity contribution in [1.82, 2.24) is 0 Å².